The average molecular weight is 153 g/mol. The number of hydrogen-bond acceptors (Lipinski definition) is 1. The Morgan fingerprint density at radius 3 is 2.30 bits per heavy atom. The van der Waals surface area contributed by atoms with Crippen LogP contribution >= 0.6 is 0 Å². The summed E-state index contributed by atoms with van der Waals surface area (Å²) in [5.74, 6) is 1.09. The van der Waals surface area contributed by atoms with Gasteiger partial charge >= 0.3 is 6.18 Å². The largest absolute Gasteiger partial charge is 0.411 e. The molecule has 0 N–H and O–H groups in total. The van der Waals surface area contributed by atoms with E-state index in [4.69, 9.17) is 0 Å². The van der Waals surface area contributed by atoms with Crippen molar-refractivity contribution < 1.29 is 17.9 Å². The standard InChI is InChI=1S/C6H8F3O/c7-6(8,9)4-10-3-5-1-2-5/h1-4H2. The third-order valence-corrected chi connectivity index (χ3v) is 1.18. The van der Waals surface area contributed by atoms with Gasteiger partial charge in [0, 0.05) is 5.92 Å². The molecule has 0 spiro atoms. The van der Waals surface area contributed by atoms with Crippen LogP contribution in [-0.2, 0) is 4.74 Å². The van der Waals surface area contributed by atoms with Gasteiger partial charge in [0.15, 0.2) is 0 Å². The molecule has 0 aliphatic heterocycles. The van der Waals surface area contributed by atoms with E-state index in [1.807, 2.05) is 0 Å². The number of halogens is 3. The number of hydrogen-bond donors (Lipinski definition) is 0. The fourth-order valence-corrected chi connectivity index (χ4v) is 0.544. The molecule has 1 radical (unpaired) electrons. The normalized spacial score (nSPS) is 19.5. The first-order chi connectivity index (χ1) is 4.58. The van der Waals surface area contributed by atoms with Gasteiger partial charge in [-0.15, -0.1) is 0 Å². The van der Waals surface area contributed by atoms with E-state index in [1.54, 1.807) is 0 Å². The first-order valence-electron chi connectivity index (χ1n) is 3.06. The predicted molar refractivity (Wildman–Crippen MR) is 29.4 cm³/mol. The van der Waals surface area contributed by atoms with Crippen LogP contribution in [0.2, 0.25) is 0 Å². The van der Waals surface area contributed by atoms with Crippen LogP contribution in [0.5, 0.6) is 0 Å². The summed E-state index contributed by atoms with van der Waals surface area (Å²) in [5, 5.41) is 0. The molecule has 1 aliphatic carbocycles. The van der Waals surface area contributed by atoms with Gasteiger partial charge in [0.1, 0.15) is 6.61 Å². The van der Waals surface area contributed by atoms with Crippen molar-refractivity contribution in [3.05, 3.63) is 5.92 Å². The molecule has 0 atom stereocenters. The first kappa shape index (κ1) is 7.85. The lowest BCUT2D eigenvalue weighted by molar-refractivity contribution is -0.172. The topological polar surface area (TPSA) is 9.23 Å². The van der Waals surface area contributed by atoms with Crippen molar-refractivity contribution in [3.63, 3.8) is 0 Å². The van der Waals surface area contributed by atoms with E-state index in [0.29, 0.717) is 0 Å². The lowest BCUT2D eigenvalue weighted by atomic mass is 10.5. The Kier molecular flexibility index (Phi) is 2.18. The summed E-state index contributed by atoms with van der Waals surface area (Å²) < 4.78 is 38.5. The number of alkyl halides is 3. The van der Waals surface area contributed by atoms with Crippen LogP contribution in [0.4, 0.5) is 13.2 Å². The molecule has 0 aromatic carbocycles. The van der Waals surface area contributed by atoms with Crippen molar-refractivity contribution in [2.45, 2.75) is 19.0 Å². The third kappa shape index (κ3) is 3.71. The highest BCUT2D eigenvalue weighted by Crippen LogP contribution is 2.32. The molecule has 1 rings (SSSR count). The van der Waals surface area contributed by atoms with Gasteiger partial charge in [-0.2, -0.15) is 13.2 Å². The molecular formula is C6H8F3O. The summed E-state index contributed by atoms with van der Waals surface area (Å²) in [6, 6.07) is 0. The predicted octanol–water partition coefficient (Wildman–Crippen LogP) is 1.93. The SMILES string of the molecule is FC(F)(F)COC[C]1CC1. The number of ether oxygens (including phenoxy) is 1. The van der Waals surface area contributed by atoms with Gasteiger partial charge in [-0.25, -0.2) is 0 Å². The Labute approximate surface area is 57.2 Å². The lowest BCUT2D eigenvalue weighted by Crippen LogP contribution is -2.17. The quantitative estimate of drug-likeness (QED) is 0.602. The van der Waals surface area contributed by atoms with Gasteiger partial charge in [0.25, 0.3) is 0 Å². The highest BCUT2D eigenvalue weighted by molar-refractivity contribution is 5.04. The van der Waals surface area contributed by atoms with E-state index in [2.05, 4.69) is 4.74 Å². The van der Waals surface area contributed by atoms with E-state index < -0.39 is 12.8 Å². The molecule has 4 heteroatoms. The summed E-state index contributed by atoms with van der Waals surface area (Å²) in [5.41, 5.74) is 0. The summed E-state index contributed by atoms with van der Waals surface area (Å²) in [4.78, 5) is 0. The molecule has 1 aliphatic rings. The second kappa shape index (κ2) is 2.78. The van der Waals surface area contributed by atoms with Gasteiger partial charge in [0.05, 0.1) is 6.61 Å². The molecule has 0 aromatic heterocycles. The Morgan fingerprint density at radius 1 is 1.30 bits per heavy atom. The maximum atomic E-state index is 11.4. The van der Waals surface area contributed by atoms with Crippen molar-refractivity contribution in [2.75, 3.05) is 13.2 Å². The van der Waals surface area contributed by atoms with Gasteiger partial charge < -0.3 is 4.74 Å². The van der Waals surface area contributed by atoms with E-state index in [9.17, 15) is 13.2 Å². The lowest BCUT2D eigenvalue weighted by Gasteiger charge is -2.05. The zero-order valence-electron chi connectivity index (χ0n) is 5.37. The van der Waals surface area contributed by atoms with Crippen LogP contribution in [0.3, 0.4) is 0 Å². The Balaban J connectivity index is 1.93. The smallest absolute Gasteiger partial charge is 0.371 e. The molecule has 1 nitrogen and oxygen atoms in total. The average Bonchev–Trinajstić information content (AvgIpc) is 2.45. The maximum absolute atomic E-state index is 11.4. The van der Waals surface area contributed by atoms with E-state index in [-0.39, 0.29) is 6.61 Å². The summed E-state index contributed by atoms with van der Waals surface area (Å²) in [6.07, 6.45) is -2.29. The Morgan fingerprint density at radius 2 is 1.90 bits per heavy atom. The summed E-state index contributed by atoms with van der Waals surface area (Å²) in [7, 11) is 0. The van der Waals surface area contributed by atoms with Crippen molar-refractivity contribution in [2.24, 2.45) is 0 Å². The Hall–Kier alpha value is -0.250. The van der Waals surface area contributed by atoms with Crippen molar-refractivity contribution in [1.29, 1.82) is 0 Å². The molecule has 10 heavy (non-hydrogen) atoms. The van der Waals surface area contributed by atoms with Gasteiger partial charge in [-0.1, -0.05) is 0 Å². The highest BCUT2D eigenvalue weighted by Gasteiger charge is 2.29. The summed E-state index contributed by atoms with van der Waals surface area (Å²) in [6.45, 7) is -0.921. The second-order valence-electron chi connectivity index (χ2n) is 2.36. The molecular weight excluding hydrogens is 145 g/mol. The van der Waals surface area contributed by atoms with Crippen molar-refractivity contribution in [1.82, 2.24) is 0 Å². The van der Waals surface area contributed by atoms with Gasteiger partial charge in [-0.05, 0) is 12.8 Å². The second-order valence-corrected chi connectivity index (χ2v) is 2.36. The molecule has 1 saturated carbocycles. The molecule has 0 unspecified atom stereocenters. The Bertz CT molecular complexity index is 106. The molecule has 0 saturated heterocycles. The van der Waals surface area contributed by atoms with Crippen LogP contribution in [0.25, 0.3) is 0 Å². The van der Waals surface area contributed by atoms with Crippen LogP contribution in [0.15, 0.2) is 0 Å². The van der Waals surface area contributed by atoms with E-state index in [1.165, 1.54) is 0 Å². The minimum Gasteiger partial charge on any atom is -0.371 e. The molecule has 1 fully saturated rings. The van der Waals surface area contributed by atoms with Crippen molar-refractivity contribution in [3.8, 4) is 0 Å². The van der Waals surface area contributed by atoms with Crippen molar-refractivity contribution >= 4 is 0 Å². The fourth-order valence-electron chi connectivity index (χ4n) is 0.544. The molecule has 0 aromatic rings. The molecule has 0 bridgehead atoms. The van der Waals surface area contributed by atoms with E-state index in [0.717, 1.165) is 18.8 Å². The monoisotopic (exact) mass is 153 g/mol. The first-order valence-corrected chi connectivity index (χ1v) is 3.06. The number of rotatable bonds is 3. The minimum absolute atomic E-state index is 0.194. The molecule has 59 valence electrons. The minimum atomic E-state index is -4.17. The zero-order valence-corrected chi connectivity index (χ0v) is 5.37. The van der Waals surface area contributed by atoms with Crippen LogP contribution in [0.1, 0.15) is 12.8 Å². The molecule has 0 heterocycles. The van der Waals surface area contributed by atoms with Crippen LogP contribution in [0, 0.1) is 5.92 Å². The van der Waals surface area contributed by atoms with Crippen LogP contribution in [-0.4, -0.2) is 19.4 Å². The summed E-state index contributed by atoms with van der Waals surface area (Å²) >= 11 is 0. The third-order valence-electron chi connectivity index (χ3n) is 1.18. The zero-order chi connectivity index (χ0) is 7.61. The maximum Gasteiger partial charge on any atom is 0.411 e. The van der Waals surface area contributed by atoms with E-state index >= 15 is 0 Å². The van der Waals surface area contributed by atoms with Gasteiger partial charge in [-0.3, -0.25) is 0 Å². The molecule has 0 amide bonds. The highest BCUT2D eigenvalue weighted by atomic mass is 19.4. The van der Waals surface area contributed by atoms with Crippen LogP contribution < -0.4 is 0 Å². The fraction of sp³-hybridized carbons (Fsp3) is 0.833. The van der Waals surface area contributed by atoms with Gasteiger partial charge in [0.2, 0.25) is 0 Å².